The Kier molecular flexibility index (Phi) is 2.37. The Morgan fingerprint density at radius 2 is 2.43 bits per heavy atom. The van der Waals surface area contributed by atoms with Gasteiger partial charge in [0.1, 0.15) is 0 Å². The van der Waals surface area contributed by atoms with Crippen molar-refractivity contribution < 1.29 is 0 Å². The zero-order chi connectivity index (χ0) is 4.41. The van der Waals surface area contributed by atoms with Gasteiger partial charge in [0.2, 0.25) is 0 Å². The predicted molar refractivity (Wildman–Crippen MR) is 28.4 cm³/mol. The van der Waals surface area contributed by atoms with Crippen LogP contribution in [0.1, 0.15) is 5.69 Å². The fourth-order valence-electron chi connectivity index (χ4n) is 0.259. The van der Waals surface area contributed by atoms with Gasteiger partial charge in [0.15, 0.2) is 0 Å². The van der Waals surface area contributed by atoms with Crippen LogP contribution >= 0.6 is 12.4 Å². The molecule has 0 saturated heterocycles. The first-order chi connectivity index (χ1) is 2.89. The molecule has 0 aliphatic heterocycles. The van der Waals surface area contributed by atoms with Crippen molar-refractivity contribution in [2.45, 2.75) is 6.92 Å². The lowest BCUT2D eigenvalue weighted by Crippen LogP contribution is -1.66. The molecule has 0 unspecified atom stereocenters. The van der Waals surface area contributed by atoms with Crippen LogP contribution in [0, 0.1) is 6.92 Å². The highest BCUT2D eigenvalue weighted by Crippen LogP contribution is 1.77. The van der Waals surface area contributed by atoms with E-state index in [-0.39, 0.29) is 12.4 Å². The minimum atomic E-state index is 0. The number of halogens is 1. The summed E-state index contributed by atoms with van der Waals surface area (Å²) in [4.78, 5) is 0. The average molecular weight is 120 g/mol. The maximum atomic E-state index is 3.68. The van der Waals surface area contributed by atoms with Crippen molar-refractivity contribution in [3.05, 3.63) is 11.9 Å². The third-order valence-corrected chi connectivity index (χ3v) is 0.535. The van der Waals surface area contributed by atoms with E-state index >= 15 is 0 Å². The van der Waals surface area contributed by atoms with Crippen molar-refractivity contribution in [3.8, 4) is 0 Å². The van der Waals surface area contributed by atoms with Crippen LogP contribution in [0.4, 0.5) is 0 Å². The highest BCUT2D eigenvalue weighted by Gasteiger charge is 1.76. The van der Waals surface area contributed by atoms with E-state index < -0.39 is 0 Å². The van der Waals surface area contributed by atoms with Crippen LogP contribution in [0.2, 0.25) is 0 Å². The Bertz CT molecular complexity index is 114. The van der Waals surface area contributed by atoms with E-state index in [0.717, 1.165) is 5.69 Å². The van der Waals surface area contributed by atoms with Crippen LogP contribution in [0.15, 0.2) is 6.20 Å². The molecule has 0 atom stereocenters. The number of H-pyrrole nitrogens is 1. The van der Waals surface area contributed by atoms with Gasteiger partial charge in [-0.25, -0.2) is 0 Å². The third-order valence-electron chi connectivity index (χ3n) is 0.535. The van der Waals surface area contributed by atoms with Gasteiger partial charge in [0.25, 0.3) is 0 Å². The summed E-state index contributed by atoms with van der Waals surface area (Å²) in [5.41, 5.74) is 0.926. The lowest BCUT2D eigenvalue weighted by Gasteiger charge is -1.62. The molecule has 0 bridgehead atoms. The van der Waals surface area contributed by atoms with Gasteiger partial charge in [0.05, 0.1) is 11.9 Å². The Labute approximate surface area is 47.5 Å². The molecule has 0 aliphatic rings. The normalized spacial score (nSPS) is 7.57. The van der Waals surface area contributed by atoms with Gasteiger partial charge in [0, 0.05) is 0 Å². The first kappa shape index (κ1) is 6.43. The maximum absolute atomic E-state index is 3.68. The molecule has 1 N–H and O–H groups in total. The maximum Gasteiger partial charge on any atom is 0.0793 e. The molecule has 4 heteroatoms. The number of nitrogens with one attached hydrogen (secondary N) is 1. The molecular weight excluding hydrogens is 114 g/mol. The van der Waals surface area contributed by atoms with Crippen LogP contribution in [-0.4, -0.2) is 15.4 Å². The zero-order valence-corrected chi connectivity index (χ0v) is 4.70. The van der Waals surface area contributed by atoms with Crippen molar-refractivity contribution in [2.75, 3.05) is 0 Å². The molecule has 0 radical (unpaired) electrons. The lowest BCUT2D eigenvalue weighted by molar-refractivity contribution is 0.928. The Morgan fingerprint density at radius 3 is 2.57 bits per heavy atom. The summed E-state index contributed by atoms with van der Waals surface area (Å²) in [6.07, 6.45) is 1.67. The number of rotatable bonds is 0. The van der Waals surface area contributed by atoms with Crippen LogP contribution in [0.5, 0.6) is 0 Å². The summed E-state index contributed by atoms with van der Waals surface area (Å²) in [5, 5.41) is 9.70. The standard InChI is InChI=1S/C3H5N3.ClH/c1-3-2-4-6-5-3;/h2H,1H3,(H,4,5,6);1H. The molecule has 0 aliphatic carbocycles. The second-order valence-electron chi connectivity index (χ2n) is 1.11. The number of aromatic nitrogens is 3. The van der Waals surface area contributed by atoms with E-state index in [4.69, 9.17) is 0 Å². The second-order valence-corrected chi connectivity index (χ2v) is 1.11. The minimum absolute atomic E-state index is 0. The molecule has 1 heterocycles. The van der Waals surface area contributed by atoms with E-state index in [1.54, 1.807) is 6.20 Å². The summed E-state index contributed by atoms with van der Waals surface area (Å²) in [6, 6.07) is 0. The first-order valence-corrected chi connectivity index (χ1v) is 1.72. The van der Waals surface area contributed by atoms with E-state index in [0.29, 0.717) is 0 Å². The van der Waals surface area contributed by atoms with Gasteiger partial charge in [-0.3, -0.25) is 0 Å². The topological polar surface area (TPSA) is 41.6 Å². The van der Waals surface area contributed by atoms with E-state index in [1.165, 1.54) is 0 Å². The van der Waals surface area contributed by atoms with Gasteiger partial charge >= 0.3 is 0 Å². The second kappa shape index (κ2) is 2.58. The fraction of sp³-hybridized carbons (Fsp3) is 0.333. The molecule has 0 fully saturated rings. The van der Waals surface area contributed by atoms with Gasteiger partial charge in [-0.15, -0.1) is 12.4 Å². The molecule has 1 aromatic rings. The molecule has 1 aromatic heterocycles. The van der Waals surface area contributed by atoms with Crippen molar-refractivity contribution >= 4 is 12.4 Å². The average Bonchev–Trinajstić information content (AvgIpc) is 1.86. The molecule has 7 heavy (non-hydrogen) atoms. The van der Waals surface area contributed by atoms with E-state index in [1.807, 2.05) is 6.92 Å². The van der Waals surface area contributed by atoms with Gasteiger partial charge in [-0.2, -0.15) is 15.4 Å². The van der Waals surface area contributed by atoms with Crippen molar-refractivity contribution in [3.63, 3.8) is 0 Å². The smallest absolute Gasteiger partial charge is 0.0793 e. The lowest BCUT2D eigenvalue weighted by atomic mass is 10.6. The number of hydrogen-bond donors (Lipinski definition) is 1. The largest absolute Gasteiger partial charge is 0.198 e. The molecule has 3 nitrogen and oxygen atoms in total. The van der Waals surface area contributed by atoms with Gasteiger partial charge in [-0.1, -0.05) is 0 Å². The molecular formula is C3H6ClN3. The van der Waals surface area contributed by atoms with Gasteiger partial charge < -0.3 is 0 Å². The molecule has 0 spiro atoms. The minimum Gasteiger partial charge on any atom is -0.198 e. The zero-order valence-electron chi connectivity index (χ0n) is 3.88. The fourth-order valence-corrected chi connectivity index (χ4v) is 0.259. The quantitative estimate of drug-likeness (QED) is 0.542. The number of aromatic amines is 1. The van der Waals surface area contributed by atoms with Crippen LogP contribution in [0.25, 0.3) is 0 Å². The SMILES string of the molecule is Cc1cn[nH]n1.Cl. The van der Waals surface area contributed by atoms with Crippen LogP contribution in [-0.2, 0) is 0 Å². The summed E-state index contributed by atoms with van der Waals surface area (Å²) in [5.74, 6) is 0. The summed E-state index contributed by atoms with van der Waals surface area (Å²) in [7, 11) is 0. The monoisotopic (exact) mass is 119 g/mol. The summed E-state index contributed by atoms with van der Waals surface area (Å²) in [6.45, 7) is 1.88. The summed E-state index contributed by atoms with van der Waals surface area (Å²) >= 11 is 0. The highest BCUT2D eigenvalue weighted by molar-refractivity contribution is 5.85. The molecule has 1 rings (SSSR count). The third kappa shape index (κ3) is 1.55. The molecule has 0 aromatic carbocycles. The van der Waals surface area contributed by atoms with E-state index in [2.05, 4.69) is 15.4 Å². The summed E-state index contributed by atoms with van der Waals surface area (Å²) < 4.78 is 0. The van der Waals surface area contributed by atoms with Crippen LogP contribution < -0.4 is 0 Å². The predicted octanol–water partition coefficient (Wildman–Crippen LogP) is 0.535. The Morgan fingerprint density at radius 1 is 1.71 bits per heavy atom. The first-order valence-electron chi connectivity index (χ1n) is 1.72. The number of aryl methyl sites for hydroxylation is 1. The molecule has 0 saturated carbocycles. The molecule has 40 valence electrons. The van der Waals surface area contributed by atoms with E-state index in [9.17, 15) is 0 Å². The van der Waals surface area contributed by atoms with Crippen LogP contribution in [0.3, 0.4) is 0 Å². The Balaban J connectivity index is 0.000000360. The molecule has 0 amide bonds. The van der Waals surface area contributed by atoms with Gasteiger partial charge in [-0.05, 0) is 6.92 Å². The van der Waals surface area contributed by atoms with Crippen molar-refractivity contribution in [1.29, 1.82) is 0 Å². The highest BCUT2D eigenvalue weighted by atomic mass is 35.5. The number of nitrogens with zero attached hydrogens (tertiary/aromatic N) is 2. The van der Waals surface area contributed by atoms with Crippen molar-refractivity contribution in [2.24, 2.45) is 0 Å². The Hall–Kier alpha value is -0.570. The number of hydrogen-bond acceptors (Lipinski definition) is 2. The van der Waals surface area contributed by atoms with Crippen molar-refractivity contribution in [1.82, 2.24) is 15.4 Å².